The number of aromatic nitrogens is 2. The Labute approximate surface area is 122 Å². The van der Waals surface area contributed by atoms with Crippen LogP contribution in [0.5, 0.6) is 5.75 Å². The van der Waals surface area contributed by atoms with E-state index in [4.69, 9.17) is 10.5 Å². The first-order chi connectivity index (χ1) is 10.2. The predicted octanol–water partition coefficient (Wildman–Crippen LogP) is 1.35. The van der Waals surface area contributed by atoms with Crippen LogP contribution in [0.1, 0.15) is 17.7 Å². The molecule has 21 heavy (non-hydrogen) atoms. The van der Waals surface area contributed by atoms with Crippen molar-refractivity contribution in [3.05, 3.63) is 41.6 Å². The molecule has 0 radical (unpaired) electrons. The fourth-order valence-corrected chi connectivity index (χ4v) is 2.49. The van der Waals surface area contributed by atoms with Gasteiger partial charge in [-0.25, -0.2) is 0 Å². The van der Waals surface area contributed by atoms with Gasteiger partial charge in [-0.3, -0.25) is 9.89 Å². The zero-order valence-corrected chi connectivity index (χ0v) is 11.7. The Morgan fingerprint density at radius 3 is 3.00 bits per heavy atom. The van der Waals surface area contributed by atoms with Crippen molar-refractivity contribution in [3.63, 3.8) is 0 Å². The van der Waals surface area contributed by atoms with Crippen LogP contribution in [0.3, 0.4) is 0 Å². The van der Waals surface area contributed by atoms with E-state index in [1.54, 1.807) is 0 Å². The van der Waals surface area contributed by atoms with Gasteiger partial charge in [0.15, 0.2) is 0 Å². The average Bonchev–Trinajstić information content (AvgIpc) is 2.89. The largest absolute Gasteiger partial charge is 0.493 e. The van der Waals surface area contributed by atoms with E-state index in [2.05, 4.69) is 10.2 Å². The van der Waals surface area contributed by atoms with Crippen LogP contribution in [0, 0.1) is 0 Å². The van der Waals surface area contributed by atoms with Gasteiger partial charge in [-0.15, -0.1) is 0 Å². The third-order valence-electron chi connectivity index (χ3n) is 3.65. The summed E-state index contributed by atoms with van der Waals surface area (Å²) in [6.07, 6.45) is 1.12. The Morgan fingerprint density at radius 1 is 1.38 bits per heavy atom. The van der Waals surface area contributed by atoms with Crippen LogP contribution >= 0.6 is 0 Å². The summed E-state index contributed by atoms with van der Waals surface area (Å²) in [6.45, 7) is 1.61. The summed E-state index contributed by atoms with van der Waals surface area (Å²) in [6, 6.07) is 9.51. The highest BCUT2D eigenvalue weighted by molar-refractivity contribution is 5.76. The Kier molecular flexibility index (Phi) is 3.77. The summed E-state index contributed by atoms with van der Waals surface area (Å²) < 4.78 is 5.55. The molecule has 3 N–H and O–H groups in total. The van der Waals surface area contributed by atoms with Gasteiger partial charge in [0.1, 0.15) is 11.6 Å². The van der Waals surface area contributed by atoms with E-state index in [1.165, 1.54) is 0 Å². The van der Waals surface area contributed by atoms with E-state index >= 15 is 0 Å². The van der Waals surface area contributed by atoms with Gasteiger partial charge in [-0.05, 0) is 18.6 Å². The zero-order chi connectivity index (χ0) is 14.7. The summed E-state index contributed by atoms with van der Waals surface area (Å²) in [4.78, 5) is 14.0. The number of hydrogen-bond donors (Lipinski definition) is 2. The number of nitrogens with two attached hydrogens (primary N) is 1. The minimum absolute atomic E-state index is 0.0877. The van der Waals surface area contributed by atoms with Crippen molar-refractivity contribution in [3.8, 4) is 5.75 Å². The Bertz CT molecular complexity index is 624. The lowest BCUT2D eigenvalue weighted by atomic mass is 10.1. The first-order valence-corrected chi connectivity index (χ1v) is 7.01. The van der Waals surface area contributed by atoms with Gasteiger partial charge >= 0.3 is 0 Å². The lowest BCUT2D eigenvalue weighted by Crippen LogP contribution is -2.36. The number of fused-ring (bicyclic) bond motifs is 1. The molecule has 6 nitrogen and oxygen atoms in total. The van der Waals surface area contributed by atoms with Crippen molar-refractivity contribution < 1.29 is 9.53 Å². The number of aromatic amines is 1. The number of ether oxygens (including phenoxy) is 1. The molecule has 6 heteroatoms. The molecule has 1 aliphatic rings. The maximum atomic E-state index is 12.2. The van der Waals surface area contributed by atoms with Crippen LogP contribution in [0.2, 0.25) is 0 Å². The van der Waals surface area contributed by atoms with Crippen molar-refractivity contribution in [2.24, 2.45) is 0 Å². The number of carbonyl (C=O) groups excluding carboxylic acids is 1. The SMILES string of the molecule is Nc1n[nH]c2c1CCN(C(=O)CCOc1ccccc1)C2. The summed E-state index contributed by atoms with van der Waals surface area (Å²) in [7, 11) is 0. The minimum Gasteiger partial charge on any atom is -0.493 e. The number of amides is 1. The lowest BCUT2D eigenvalue weighted by molar-refractivity contribution is -0.132. The predicted molar refractivity (Wildman–Crippen MR) is 78.7 cm³/mol. The van der Waals surface area contributed by atoms with Gasteiger partial charge in [-0.2, -0.15) is 5.10 Å². The lowest BCUT2D eigenvalue weighted by Gasteiger charge is -2.26. The number of nitrogen functional groups attached to an aromatic ring is 1. The van der Waals surface area contributed by atoms with Crippen molar-refractivity contribution in [1.29, 1.82) is 0 Å². The zero-order valence-electron chi connectivity index (χ0n) is 11.7. The van der Waals surface area contributed by atoms with Crippen LogP contribution in [-0.4, -0.2) is 34.2 Å². The number of hydrogen-bond acceptors (Lipinski definition) is 4. The Hall–Kier alpha value is -2.50. The van der Waals surface area contributed by atoms with E-state index < -0.39 is 0 Å². The molecule has 0 spiro atoms. The van der Waals surface area contributed by atoms with E-state index in [-0.39, 0.29) is 5.91 Å². The van der Waals surface area contributed by atoms with E-state index in [9.17, 15) is 4.79 Å². The van der Waals surface area contributed by atoms with Crippen LogP contribution in [0.4, 0.5) is 5.82 Å². The third-order valence-corrected chi connectivity index (χ3v) is 3.65. The van der Waals surface area contributed by atoms with Crippen LogP contribution < -0.4 is 10.5 Å². The highest BCUT2D eigenvalue weighted by Crippen LogP contribution is 2.21. The molecule has 1 amide bonds. The first-order valence-electron chi connectivity index (χ1n) is 7.01. The smallest absolute Gasteiger partial charge is 0.226 e. The maximum Gasteiger partial charge on any atom is 0.226 e. The molecule has 0 unspecified atom stereocenters. The number of H-pyrrole nitrogens is 1. The third kappa shape index (κ3) is 2.99. The summed E-state index contributed by atoms with van der Waals surface area (Å²) in [5, 5.41) is 6.88. The standard InChI is InChI=1S/C15H18N4O2/c16-15-12-6-8-19(10-13(12)17-18-15)14(20)7-9-21-11-4-2-1-3-5-11/h1-5H,6-10H2,(H3,16,17,18). The molecule has 0 fully saturated rings. The molecular weight excluding hydrogens is 268 g/mol. The molecule has 0 saturated heterocycles. The molecular formula is C15H18N4O2. The molecule has 0 aliphatic carbocycles. The molecule has 110 valence electrons. The number of nitrogens with zero attached hydrogens (tertiary/aromatic N) is 2. The quantitative estimate of drug-likeness (QED) is 0.888. The summed E-state index contributed by atoms with van der Waals surface area (Å²) in [5.74, 6) is 1.42. The normalized spacial score (nSPS) is 13.8. The van der Waals surface area contributed by atoms with Gasteiger partial charge in [0.2, 0.25) is 5.91 Å². The topological polar surface area (TPSA) is 84.2 Å². The van der Waals surface area contributed by atoms with Crippen molar-refractivity contribution in [1.82, 2.24) is 15.1 Å². The van der Waals surface area contributed by atoms with Gasteiger partial charge in [-0.1, -0.05) is 18.2 Å². The van der Waals surface area contributed by atoms with Crippen LogP contribution in [0.25, 0.3) is 0 Å². The van der Waals surface area contributed by atoms with E-state index in [0.717, 1.165) is 23.4 Å². The van der Waals surface area contributed by atoms with E-state index in [1.807, 2.05) is 35.2 Å². The molecule has 1 aromatic carbocycles. The first kappa shape index (κ1) is 13.5. The van der Waals surface area contributed by atoms with Gasteiger partial charge in [0.05, 0.1) is 25.3 Å². The van der Waals surface area contributed by atoms with Gasteiger partial charge in [0.25, 0.3) is 0 Å². The molecule has 0 bridgehead atoms. The van der Waals surface area contributed by atoms with E-state index in [0.29, 0.717) is 31.9 Å². The monoisotopic (exact) mass is 286 g/mol. The maximum absolute atomic E-state index is 12.2. The molecule has 3 rings (SSSR count). The molecule has 0 saturated carbocycles. The van der Waals surface area contributed by atoms with Gasteiger partial charge in [0, 0.05) is 12.1 Å². The number of benzene rings is 1. The molecule has 0 atom stereocenters. The molecule has 1 aliphatic heterocycles. The summed E-state index contributed by atoms with van der Waals surface area (Å²) >= 11 is 0. The molecule has 2 aromatic rings. The second kappa shape index (κ2) is 5.87. The van der Waals surface area contributed by atoms with Crippen molar-refractivity contribution >= 4 is 11.7 Å². The Morgan fingerprint density at radius 2 is 2.19 bits per heavy atom. The highest BCUT2D eigenvalue weighted by Gasteiger charge is 2.23. The number of para-hydroxylation sites is 1. The second-order valence-corrected chi connectivity index (χ2v) is 5.04. The van der Waals surface area contributed by atoms with Crippen LogP contribution in [-0.2, 0) is 17.8 Å². The fourth-order valence-electron chi connectivity index (χ4n) is 2.49. The molecule has 2 heterocycles. The van der Waals surface area contributed by atoms with Crippen LogP contribution in [0.15, 0.2) is 30.3 Å². The Balaban J connectivity index is 1.50. The minimum atomic E-state index is 0.0877. The average molecular weight is 286 g/mol. The number of nitrogens with one attached hydrogen (secondary N) is 1. The number of carbonyl (C=O) groups is 1. The second-order valence-electron chi connectivity index (χ2n) is 5.04. The fraction of sp³-hybridized carbons (Fsp3) is 0.333. The van der Waals surface area contributed by atoms with Gasteiger partial charge < -0.3 is 15.4 Å². The number of anilines is 1. The number of rotatable bonds is 4. The highest BCUT2D eigenvalue weighted by atomic mass is 16.5. The molecule has 1 aromatic heterocycles. The van der Waals surface area contributed by atoms with Crippen molar-refractivity contribution in [2.75, 3.05) is 18.9 Å². The van der Waals surface area contributed by atoms with Crippen molar-refractivity contribution in [2.45, 2.75) is 19.4 Å². The summed E-state index contributed by atoms with van der Waals surface area (Å²) in [5.41, 5.74) is 7.74.